The lowest BCUT2D eigenvalue weighted by Crippen LogP contribution is -2.41. The van der Waals surface area contributed by atoms with Crippen molar-refractivity contribution >= 4 is 6.08 Å². The summed E-state index contributed by atoms with van der Waals surface area (Å²) in [6.07, 6.45) is 3.37. The topological polar surface area (TPSA) is 12.5 Å². The molecule has 1 aliphatic rings. The van der Waals surface area contributed by atoms with Gasteiger partial charge < -0.3 is 9.64 Å². The summed E-state index contributed by atoms with van der Waals surface area (Å²) in [5.74, 6) is 0.510. The second-order valence-corrected chi connectivity index (χ2v) is 4.81. The first-order valence-corrected chi connectivity index (χ1v) is 6.18. The highest BCUT2D eigenvalue weighted by atomic mass is 16.5. The van der Waals surface area contributed by atoms with Crippen LogP contribution >= 0.6 is 0 Å². The van der Waals surface area contributed by atoms with Gasteiger partial charge in [-0.05, 0) is 31.1 Å². The van der Waals surface area contributed by atoms with Crippen LogP contribution in [0.15, 0.2) is 30.8 Å². The molecular weight excluding hydrogens is 210 g/mol. The molecule has 0 amide bonds. The van der Waals surface area contributed by atoms with Gasteiger partial charge in [-0.1, -0.05) is 36.9 Å². The zero-order chi connectivity index (χ0) is 12.3. The first kappa shape index (κ1) is 12.3. The number of methoxy groups -OCH3 is 1. The molecule has 17 heavy (non-hydrogen) atoms. The van der Waals surface area contributed by atoms with Gasteiger partial charge in [-0.2, -0.15) is 0 Å². The van der Waals surface area contributed by atoms with E-state index in [4.69, 9.17) is 4.74 Å². The highest BCUT2D eigenvalue weighted by Crippen LogP contribution is 2.30. The van der Waals surface area contributed by atoms with Gasteiger partial charge in [0.1, 0.15) is 0 Å². The van der Waals surface area contributed by atoms with Crippen LogP contribution in [0.3, 0.4) is 0 Å². The van der Waals surface area contributed by atoms with Crippen LogP contribution in [0.1, 0.15) is 23.5 Å². The quantitative estimate of drug-likeness (QED) is 0.793. The molecular formula is C15H21NO. The van der Waals surface area contributed by atoms with Gasteiger partial charge in [-0.15, -0.1) is 0 Å². The SMILES string of the molecule is C=Cc1cccc([C@H]2CCN(C)C[C@@H]2OC)c1. The van der Waals surface area contributed by atoms with E-state index < -0.39 is 0 Å². The second kappa shape index (κ2) is 5.48. The lowest BCUT2D eigenvalue weighted by atomic mass is 9.86. The van der Waals surface area contributed by atoms with Crippen LogP contribution in [-0.4, -0.2) is 38.3 Å². The monoisotopic (exact) mass is 231 g/mol. The Hall–Kier alpha value is -1.12. The van der Waals surface area contributed by atoms with Gasteiger partial charge in [0, 0.05) is 19.6 Å². The first-order valence-electron chi connectivity index (χ1n) is 6.18. The molecule has 1 saturated heterocycles. The molecule has 2 heteroatoms. The maximum Gasteiger partial charge on any atom is 0.0766 e. The van der Waals surface area contributed by atoms with Crippen LogP contribution in [0.2, 0.25) is 0 Å². The molecule has 92 valence electrons. The van der Waals surface area contributed by atoms with Gasteiger partial charge in [-0.3, -0.25) is 0 Å². The third-order valence-corrected chi connectivity index (χ3v) is 3.64. The average molecular weight is 231 g/mol. The maximum absolute atomic E-state index is 5.63. The molecule has 0 aromatic heterocycles. The summed E-state index contributed by atoms with van der Waals surface area (Å²) in [5, 5.41) is 0. The standard InChI is InChI=1S/C15H21NO/c1-4-12-6-5-7-13(10-12)14-8-9-16(2)11-15(14)17-3/h4-7,10,14-15H,1,8-9,11H2,2-3H3/t14-,15+/m1/s1. The Labute approximate surface area is 104 Å². The van der Waals surface area contributed by atoms with Crippen molar-refractivity contribution in [1.29, 1.82) is 0 Å². The van der Waals surface area contributed by atoms with Crippen molar-refractivity contribution in [2.24, 2.45) is 0 Å². The van der Waals surface area contributed by atoms with Crippen molar-refractivity contribution in [2.45, 2.75) is 18.4 Å². The van der Waals surface area contributed by atoms with Gasteiger partial charge in [0.25, 0.3) is 0 Å². The van der Waals surface area contributed by atoms with E-state index in [2.05, 4.69) is 42.8 Å². The highest BCUT2D eigenvalue weighted by molar-refractivity contribution is 5.48. The fourth-order valence-corrected chi connectivity index (χ4v) is 2.61. The van der Waals surface area contributed by atoms with E-state index in [0.29, 0.717) is 12.0 Å². The van der Waals surface area contributed by atoms with Gasteiger partial charge in [0.2, 0.25) is 0 Å². The van der Waals surface area contributed by atoms with Crippen molar-refractivity contribution in [3.05, 3.63) is 42.0 Å². The van der Waals surface area contributed by atoms with Gasteiger partial charge >= 0.3 is 0 Å². The zero-order valence-corrected chi connectivity index (χ0v) is 10.7. The highest BCUT2D eigenvalue weighted by Gasteiger charge is 2.28. The fraction of sp³-hybridized carbons (Fsp3) is 0.467. The average Bonchev–Trinajstić information content (AvgIpc) is 2.38. The lowest BCUT2D eigenvalue weighted by Gasteiger charge is -2.36. The number of piperidine rings is 1. The predicted octanol–water partition coefficient (Wildman–Crippen LogP) is 2.76. The summed E-state index contributed by atoms with van der Waals surface area (Å²) in [4.78, 5) is 2.34. The minimum absolute atomic E-state index is 0.300. The van der Waals surface area contributed by atoms with Crippen molar-refractivity contribution in [3.63, 3.8) is 0 Å². The van der Waals surface area contributed by atoms with E-state index in [1.165, 1.54) is 11.1 Å². The zero-order valence-electron chi connectivity index (χ0n) is 10.7. The van der Waals surface area contributed by atoms with Crippen LogP contribution < -0.4 is 0 Å². The molecule has 1 heterocycles. The van der Waals surface area contributed by atoms with E-state index in [9.17, 15) is 0 Å². The number of benzene rings is 1. The number of likely N-dealkylation sites (tertiary alicyclic amines) is 1. The third-order valence-electron chi connectivity index (χ3n) is 3.64. The molecule has 2 nitrogen and oxygen atoms in total. The number of nitrogens with zero attached hydrogens (tertiary/aromatic N) is 1. The van der Waals surface area contributed by atoms with E-state index >= 15 is 0 Å². The number of hydrogen-bond donors (Lipinski definition) is 0. The van der Waals surface area contributed by atoms with E-state index in [1.54, 1.807) is 0 Å². The summed E-state index contributed by atoms with van der Waals surface area (Å²) < 4.78 is 5.63. The van der Waals surface area contributed by atoms with Crippen LogP contribution in [0.5, 0.6) is 0 Å². The Kier molecular flexibility index (Phi) is 3.97. The molecule has 1 aromatic rings. The smallest absolute Gasteiger partial charge is 0.0766 e. The summed E-state index contributed by atoms with van der Waals surface area (Å²) in [6.45, 7) is 5.98. The molecule has 2 rings (SSSR count). The number of hydrogen-bond acceptors (Lipinski definition) is 2. The van der Waals surface area contributed by atoms with Crippen LogP contribution in [-0.2, 0) is 4.74 Å². The van der Waals surface area contributed by atoms with Crippen molar-refractivity contribution in [1.82, 2.24) is 4.90 Å². The van der Waals surface area contributed by atoms with Crippen molar-refractivity contribution in [2.75, 3.05) is 27.2 Å². The number of rotatable bonds is 3. The summed E-state index contributed by atoms with van der Waals surface area (Å²) in [7, 11) is 3.97. The number of ether oxygens (including phenoxy) is 1. The van der Waals surface area contributed by atoms with E-state index in [-0.39, 0.29) is 0 Å². The first-order chi connectivity index (χ1) is 8.24. The van der Waals surface area contributed by atoms with Gasteiger partial charge in [-0.25, -0.2) is 0 Å². The molecule has 0 N–H and O–H groups in total. The van der Waals surface area contributed by atoms with Crippen molar-refractivity contribution in [3.8, 4) is 0 Å². The Bertz CT molecular complexity index is 388. The molecule has 1 aromatic carbocycles. The third kappa shape index (κ3) is 2.76. The van der Waals surface area contributed by atoms with Crippen LogP contribution in [0.25, 0.3) is 6.08 Å². The lowest BCUT2D eigenvalue weighted by molar-refractivity contribution is 0.0233. The van der Waals surface area contributed by atoms with E-state index in [1.807, 2.05) is 13.2 Å². The van der Waals surface area contributed by atoms with Gasteiger partial charge in [0.05, 0.1) is 6.10 Å². The van der Waals surface area contributed by atoms with Gasteiger partial charge in [0.15, 0.2) is 0 Å². The van der Waals surface area contributed by atoms with Crippen LogP contribution in [0.4, 0.5) is 0 Å². The molecule has 2 atom stereocenters. The van der Waals surface area contributed by atoms with E-state index in [0.717, 1.165) is 19.5 Å². The summed E-state index contributed by atoms with van der Waals surface area (Å²) >= 11 is 0. The minimum atomic E-state index is 0.300. The Morgan fingerprint density at radius 3 is 3.00 bits per heavy atom. The number of likely N-dealkylation sites (N-methyl/N-ethyl adjacent to an activating group) is 1. The summed E-state index contributed by atoms with van der Waals surface area (Å²) in [5.41, 5.74) is 2.57. The normalized spacial score (nSPS) is 25.8. The minimum Gasteiger partial charge on any atom is -0.379 e. The summed E-state index contributed by atoms with van der Waals surface area (Å²) in [6, 6.07) is 8.63. The largest absolute Gasteiger partial charge is 0.379 e. The predicted molar refractivity (Wildman–Crippen MR) is 72.2 cm³/mol. The molecule has 0 spiro atoms. The Morgan fingerprint density at radius 1 is 1.47 bits per heavy atom. The fourth-order valence-electron chi connectivity index (χ4n) is 2.61. The molecule has 1 fully saturated rings. The molecule has 0 aliphatic carbocycles. The molecule has 1 aliphatic heterocycles. The molecule has 0 bridgehead atoms. The van der Waals surface area contributed by atoms with Crippen LogP contribution in [0, 0.1) is 0 Å². The molecule has 0 unspecified atom stereocenters. The van der Waals surface area contributed by atoms with Crippen molar-refractivity contribution < 1.29 is 4.74 Å². The Balaban J connectivity index is 2.21. The maximum atomic E-state index is 5.63. The second-order valence-electron chi connectivity index (χ2n) is 4.81. The molecule has 0 saturated carbocycles. The molecule has 0 radical (unpaired) electrons. The Morgan fingerprint density at radius 2 is 2.29 bits per heavy atom.